The van der Waals surface area contributed by atoms with Crippen LogP contribution in [0.25, 0.3) is 0 Å². The first-order valence-electron chi connectivity index (χ1n) is 4.05. The Bertz CT molecular complexity index is 265. The molecule has 0 aromatic carbocycles. The topological polar surface area (TPSA) is 23.5 Å². The first-order chi connectivity index (χ1) is 5.96. The van der Waals surface area contributed by atoms with Crippen LogP contribution in [0.5, 0.6) is 0 Å². The van der Waals surface area contributed by atoms with Crippen LogP contribution in [0, 0.1) is 0 Å². The molecule has 0 radical (unpaired) electrons. The normalized spacial score (nSPS) is 24.3. The van der Waals surface area contributed by atoms with Gasteiger partial charge in [-0.3, -0.25) is 0 Å². The number of rotatable bonds is 3. The van der Waals surface area contributed by atoms with E-state index in [1.54, 1.807) is 18.7 Å². The summed E-state index contributed by atoms with van der Waals surface area (Å²) in [7, 11) is -0.289. The third-order valence-corrected chi connectivity index (χ3v) is 3.78. The van der Waals surface area contributed by atoms with Crippen LogP contribution < -0.4 is 0 Å². The first-order valence-corrected chi connectivity index (χ1v) is 6.38. The molecule has 0 aromatic heterocycles. The molecular weight excluding hydrogens is 202 g/mol. The van der Waals surface area contributed by atoms with Gasteiger partial charge in [-0.05, 0) is 31.6 Å². The molecule has 0 saturated heterocycles. The van der Waals surface area contributed by atoms with Crippen molar-refractivity contribution in [1.29, 1.82) is 0 Å². The standard InChI is InChI=1S/C9H15NOS2/c1-9(2,11)10(7-12)8-5-4-6-13(8)3/h4-7,11,13H,1-3H3. The Morgan fingerprint density at radius 2 is 2.23 bits per heavy atom. The van der Waals surface area contributed by atoms with E-state index in [2.05, 4.69) is 11.7 Å². The minimum Gasteiger partial charge on any atom is -0.371 e. The van der Waals surface area contributed by atoms with Crippen molar-refractivity contribution in [1.82, 2.24) is 4.90 Å². The highest BCUT2D eigenvalue weighted by atomic mass is 32.2. The minimum absolute atomic E-state index is 0.289. The molecule has 0 spiro atoms. The Hall–Kier alpha value is -0.320. The van der Waals surface area contributed by atoms with Gasteiger partial charge in [-0.25, -0.2) is 0 Å². The van der Waals surface area contributed by atoms with E-state index in [0.717, 1.165) is 5.03 Å². The van der Waals surface area contributed by atoms with E-state index >= 15 is 0 Å². The summed E-state index contributed by atoms with van der Waals surface area (Å²) in [6, 6.07) is 0. The van der Waals surface area contributed by atoms with E-state index < -0.39 is 5.72 Å². The van der Waals surface area contributed by atoms with Gasteiger partial charge in [0.2, 0.25) is 0 Å². The lowest BCUT2D eigenvalue weighted by Gasteiger charge is -2.35. The van der Waals surface area contributed by atoms with Crippen LogP contribution in [-0.4, -0.2) is 27.5 Å². The van der Waals surface area contributed by atoms with Gasteiger partial charge in [0.15, 0.2) is 0 Å². The van der Waals surface area contributed by atoms with E-state index in [9.17, 15) is 5.11 Å². The molecule has 1 unspecified atom stereocenters. The molecule has 0 saturated carbocycles. The van der Waals surface area contributed by atoms with Gasteiger partial charge < -0.3 is 10.0 Å². The fraction of sp³-hybridized carbons (Fsp3) is 0.444. The largest absolute Gasteiger partial charge is 0.371 e. The zero-order valence-electron chi connectivity index (χ0n) is 8.06. The van der Waals surface area contributed by atoms with E-state index in [1.165, 1.54) is 5.49 Å². The highest BCUT2D eigenvalue weighted by molar-refractivity contribution is 8.22. The lowest BCUT2D eigenvalue weighted by atomic mass is 10.3. The van der Waals surface area contributed by atoms with Crippen molar-refractivity contribution in [3.8, 4) is 0 Å². The second-order valence-electron chi connectivity index (χ2n) is 3.45. The lowest BCUT2D eigenvalue weighted by molar-refractivity contribution is -0.00920. The van der Waals surface area contributed by atoms with Crippen LogP contribution >= 0.6 is 23.1 Å². The van der Waals surface area contributed by atoms with Gasteiger partial charge in [-0.1, -0.05) is 18.3 Å². The smallest absolute Gasteiger partial charge is 0.137 e. The van der Waals surface area contributed by atoms with Gasteiger partial charge in [0, 0.05) is 0 Å². The monoisotopic (exact) mass is 217 g/mol. The van der Waals surface area contributed by atoms with Crippen molar-refractivity contribution in [2.24, 2.45) is 0 Å². The quantitative estimate of drug-likeness (QED) is 0.429. The van der Waals surface area contributed by atoms with Crippen molar-refractivity contribution in [3.63, 3.8) is 0 Å². The molecule has 13 heavy (non-hydrogen) atoms. The molecule has 0 amide bonds. The summed E-state index contributed by atoms with van der Waals surface area (Å²) >= 11 is 4.89. The summed E-state index contributed by atoms with van der Waals surface area (Å²) in [6.07, 6.45) is 6.16. The summed E-state index contributed by atoms with van der Waals surface area (Å²) in [5, 5.41) is 13.1. The van der Waals surface area contributed by atoms with Crippen molar-refractivity contribution in [2.75, 3.05) is 6.26 Å². The Morgan fingerprint density at radius 3 is 2.54 bits per heavy atom. The summed E-state index contributed by atoms with van der Waals surface area (Å²) in [6.45, 7) is 3.47. The molecule has 1 aliphatic heterocycles. The van der Waals surface area contributed by atoms with Crippen molar-refractivity contribution in [3.05, 3.63) is 22.6 Å². The number of thiocarbonyl (C=S) groups is 1. The number of nitrogens with zero attached hydrogens (tertiary/aromatic N) is 1. The van der Waals surface area contributed by atoms with Crippen LogP contribution in [0.2, 0.25) is 0 Å². The molecule has 74 valence electrons. The molecule has 1 aliphatic rings. The van der Waals surface area contributed by atoms with E-state index in [0.29, 0.717) is 0 Å². The Kier molecular flexibility index (Phi) is 3.16. The minimum atomic E-state index is -0.907. The van der Waals surface area contributed by atoms with Gasteiger partial charge in [0.05, 0.1) is 10.5 Å². The summed E-state index contributed by atoms with van der Waals surface area (Å²) in [4.78, 5) is 1.74. The highest BCUT2D eigenvalue weighted by Crippen LogP contribution is 2.41. The van der Waals surface area contributed by atoms with Gasteiger partial charge in [-0.2, -0.15) is 10.9 Å². The zero-order chi connectivity index (χ0) is 10.1. The van der Waals surface area contributed by atoms with E-state index in [4.69, 9.17) is 12.2 Å². The molecule has 0 bridgehead atoms. The first kappa shape index (κ1) is 10.8. The van der Waals surface area contributed by atoms with Crippen LogP contribution in [-0.2, 0) is 0 Å². The molecule has 1 atom stereocenters. The fourth-order valence-corrected chi connectivity index (χ4v) is 3.08. The van der Waals surface area contributed by atoms with E-state index in [-0.39, 0.29) is 10.9 Å². The second kappa shape index (κ2) is 3.82. The lowest BCUT2D eigenvalue weighted by Crippen LogP contribution is -2.41. The SMILES string of the molecule is C[SH]1C=CC=C1N(C=S)C(C)(C)O. The maximum atomic E-state index is 9.83. The summed E-state index contributed by atoms with van der Waals surface area (Å²) < 4.78 is 0. The van der Waals surface area contributed by atoms with Crippen LogP contribution in [0.15, 0.2) is 22.6 Å². The maximum Gasteiger partial charge on any atom is 0.137 e. The molecule has 0 aromatic rings. The Morgan fingerprint density at radius 1 is 1.62 bits per heavy atom. The van der Waals surface area contributed by atoms with Gasteiger partial charge >= 0.3 is 0 Å². The van der Waals surface area contributed by atoms with Crippen molar-refractivity contribution >= 4 is 28.6 Å². The van der Waals surface area contributed by atoms with Gasteiger partial charge in [-0.15, -0.1) is 0 Å². The Labute approximate surface area is 87.3 Å². The molecule has 4 heteroatoms. The number of allylic oxidation sites excluding steroid dienone is 2. The number of hydrogen-bond acceptors (Lipinski definition) is 2. The summed E-state index contributed by atoms with van der Waals surface area (Å²) in [5.41, 5.74) is 0.605. The van der Waals surface area contributed by atoms with Crippen LogP contribution in [0.4, 0.5) is 0 Å². The highest BCUT2D eigenvalue weighted by Gasteiger charge is 2.25. The molecule has 0 fully saturated rings. The van der Waals surface area contributed by atoms with Crippen molar-refractivity contribution < 1.29 is 5.11 Å². The third kappa shape index (κ3) is 2.33. The zero-order valence-corrected chi connectivity index (χ0v) is 9.77. The number of hydrogen-bond donors (Lipinski definition) is 2. The third-order valence-electron chi connectivity index (χ3n) is 1.86. The predicted molar refractivity (Wildman–Crippen MR) is 63.9 cm³/mol. The maximum absolute atomic E-state index is 9.83. The molecular formula is C9H15NOS2. The predicted octanol–water partition coefficient (Wildman–Crippen LogP) is 1.97. The number of thiol groups is 1. The van der Waals surface area contributed by atoms with E-state index in [1.807, 2.05) is 12.2 Å². The second-order valence-corrected chi connectivity index (χ2v) is 5.64. The van der Waals surface area contributed by atoms with Gasteiger partial charge in [0.25, 0.3) is 0 Å². The molecule has 1 rings (SSSR count). The Balaban J connectivity index is 2.86. The molecule has 1 N–H and O–H groups in total. The molecule has 2 nitrogen and oxygen atoms in total. The van der Waals surface area contributed by atoms with Crippen LogP contribution in [0.3, 0.4) is 0 Å². The number of aliphatic hydroxyl groups is 1. The molecule has 1 heterocycles. The average Bonchev–Trinajstić information content (AvgIpc) is 2.35. The van der Waals surface area contributed by atoms with Gasteiger partial charge in [0.1, 0.15) is 5.72 Å². The van der Waals surface area contributed by atoms with Crippen molar-refractivity contribution in [2.45, 2.75) is 19.6 Å². The summed E-state index contributed by atoms with van der Waals surface area (Å²) in [5.74, 6) is 0. The average molecular weight is 217 g/mol. The molecule has 0 aliphatic carbocycles. The fourth-order valence-electron chi connectivity index (χ4n) is 1.17. The van der Waals surface area contributed by atoms with Crippen LogP contribution in [0.1, 0.15) is 13.8 Å².